The first-order valence-electron chi connectivity index (χ1n) is 4.83. The maximum Gasteiger partial charge on any atom is 0.0863 e. The molecule has 0 aliphatic heterocycles. The number of nitrogens with one attached hydrogen (secondary N) is 1. The SMILES string of the molecule is CCC(C)(OC)C(NN)c1sccc1Br. The van der Waals surface area contributed by atoms with E-state index < -0.39 is 0 Å². The van der Waals surface area contributed by atoms with Gasteiger partial charge in [0.2, 0.25) is 0 Å². The molecule has 5 heteroatoms. The molecule has 3 nitrogen and oxygen atoms in total. The summed E-state index contributed by atoms with van der Waals surface area (Å²) in [6, 6.07) is 2.03. The second-order valence-electron chi connectivity index (χ2n) is 3.60. The van der Waals surface area contributed by atoms with Crippen LogP contribution in [0, 0.1) is 0 Å². The second kappa shape index (κ2) is 5.41. The van der Waals surface area contributed by atoms with E-state index in [1.54, 1.807) is 18.4 Å². The number of hydrazine groups is 1. The number of hydrogen-bond donors (Lipinski definition) is 2. The second-order valence-corrected chi connectivity index (χ2v) is 5.40. The van der Waals surface area contributed by atoms with Gasteiger partial charge in [-0.05, 0) is 40.7 Å². The maximum absolute atomic E-state index is 5.63. The first-order chi connectivity index (χ1) is 7.09. The highest BCUT2D eigenvalue weighted by molar-refractivity contribution is 9.10. The molecule has 3 N–H and O–H groups in total. The van der Waals surface area contributed by atoms with Crippen LogP contribution in [0.3, 0.4) is 0 Å². The van der Waals surface area contributed by atoms with Gasteiger partial charge in [0.25, 0.3) is 0 Å². The molecule has 2 unspecified atom stereocenters. The molecule has 1 heterocycles. The molecule has 2 atom stereocenters. The molecule has 0 radical (unpaired) electrons. The van der Waals surface area contributed by atoms with Gasteiger partial charge < -0.3 is 4.74 Å². The minimum absolute atomic E-state index is 0.00174. The normalized spacial score (nSPS) is 17.4. The van der Waals surface area contributed by atoms with Crippen LogP contribution >= 0.6 is 27.3 Å². The Kier molecular flexibility index (Phi) is 4.73. The van der Waals surface area contributed by atoms with Crippen LogP contribution in [0.4, 0.5) is 0 Å². The minimum atomic E-state index is -0.290. The van der Waals surface area contributed by atoms with E-state index in [1.807, 2.05) is 11.4 Å². The van der Waals surface area contributed by atoms with Gasteiger partial charge in [-0.3, -0.25) is 5.84 Å². The lowest BCUT2D eigenvalue weighted by Gasteiger charge is -2.35. The number of hydrogen-bond acceptors (Lipinski definition) is 4. The van der Waals surface area contributed by atoms with Crippen molar-refractivity contribution in [1.82, 2.24) is 5.43 Å². The van der Waals surface area contributed by atoms with Gasteiger partial charge in [-0.25, -0.2) is 5.43 Å². The Morgan fingerprint density at radius 2 is 2.40 bits per heavy atom. The van der Waals surface area contributed by atoms with Gasteiger partial charge in [0, 0.05) is 16.5 Å². The highest BCUT2D eigenvalue weighted by atomic mass is 79.9. The Labute approximate surface area is 103 Å². The van der Waals surface area contributed by atoms with Crippen molar-refractivity contribution in [2.45, 2.75) is 31.9 Å². The predicted octanol–water partition coefficient (Wildman–Crippen LogP) is 2.83. The number of nitrogens with two attached hydrogens (primary N) is 1. The zero-order valence-electron chi connectivity index (χ0n) is 9.21. The van der Waals surface area contributed by atoms with E-state index in [1.165, 1.54) is 4.88 Å². The summed E-state index contributed by atoms with van der Waals surface area (Å²) < 4.78 is 6.64. The lowest BCUT2D eigenvalue weighted by molar-refractivity contribution is -0.0292. The Morgan fingerprint density at radius 3 is 2.73 bits per heavy atom. The van der Waals surface area contributed by atoms with Crippen LogP contribution in [0.1, 0.15) is 31.2 Å². The van der Waals surface area contributed by atoms with E-state index in [-0.39, 0.29) is 11.6 Å². The van der Waals surface area contributed by atoms with E-state index in [9.17, 15) is 0 Å². The fourth-order valence-corrected chi connectivity index (χ4v) is 3.31. The first kappa shape index (κ1) is 13.1. The van der Waals surface area contributed by atoms with Crippen LogP contribution in [0.15, 0.2) is 15.9 Å². The van der Waals surface area contributed by atoms with E-state index in [4.69, 9.17) is 10.6 Å². The molecule has 86 valence electrons. The topological polar surface area (TPSA) is 47.3 Å². The van der Waals surface area contributed by atoms with Crippen molar-refractivity contribution in [3.63, 3.8) is 0 Å². The number of thiophene rings is 1. The molecule has 0 saturated heterocycles. The van der Waals surface area contributed by atoms with Crippen molar-refractivity contribution in [3.05, 3.63) is 20.8 Å². The van der Waals surface area contributed by atoms with Gasteiger partial charge in [0.05, 0.1) is 11.6 Å². The highest BCUT2D eigenvalue weighted by Crippen LogP contribution is 2.37. The average Bonchev–Trinajstić information content (AvgIpc) is 2.66. The zero-order chi connectivity index (χ0) is 11.5. The maximum atomic E-state index is 5.63. The van der Waals surface area contributed by atoms with E-state index >= 15 is 0 Å². The molecule has 0 fully saturated rings. The predicted molar refractivity (Wildman–Crippen MR) is 67.8 cm³/mol. The first-order valence-corrected chi connectivity index (χ1v) is 6.50. The number of halogens is 1. The summed E-state index contributed by atoms with van der Waals surface area (Å²) in [5.41, 5.74) is 2.55. The fourth-order valence-electron chi connectivity index (χ4n) is 1.51. The third-order valence-corrected chi connectivity index (χ3v) is 4.79. The third-order valence-electron chi connectivity index (χ3n) is 2.85. The van der Waals surface area contributed by atoms with Crippen molar-refractivity contribution < 1.29 is 4.74 Å². The van der Waals surface area contributed by atoms with E-state index in [0.717, 1.165) is 10.9 Å². The van der Waals surface area contributed by atoms with E-state index in [0.29, 0.717) is 0 Å². The van der Waals surface area contributed by atoms with Crippen molar-refractivity contribution >= 4 is 27.3 Å². The molecule has 1 rings (SSSR count). The third kappa shape index (κ3) is 2.60. The molecule has 0 aliphatic carbocycles. The lowest BCUT2D eigenvalue weighted by atomic mass is 9.92. The molecule has 0 spiro atoms. The molecular formula is C10H17BrN2OS. The van der Waals surface area contributed by atoms with Crippen molar-refractivity contribution in [1.29, 1.82) is 0 Å². The van der Waals surface area contributed by atoms with Crippen molar-refractivity contribution in [3.8, 4) is 0 Å². The molecule has 0 amide bonds. The van der Waals surface area contributed by atoms with E-state index in [2.05, 4.69) is 35.2 Å². The van der Waals surface area contributed by atoms with Crippen LogP contribution in [0.5, 0.6) is 0 Å². The summed E-state index contributed by atoms with van der Waals surface area (Å²) >= 11 is 5.19. The van der Waals surface area contributed by atoms with Crippen LogP contribution in [0.2, 0.25) is 0 Å². The quantitative estimate of drug-likeness (QED) is 0.648. The summed E-state index contributed by atoms with van der Waals surface area (Å²) in [5.74, 6) is 5.63. The summed E-state index contributed by atoms with van der Waals surface area (Å²) in [4.78, 5) is 1.17. The molecule has 0 bridgehead atoms. The van der Waals surface area contributed by atoms with Gasteiger partial charge in [-0.15, -0.1) is 11.3 Å². The standard InChI is InChI=1S/C10H17BrN2OS/c1-4-10(2,14-3)9(13-12)8-7(11)5-6-15-8/h5-6,9,13H,4,12H2,1-3H3. The molecule has 0 aromatic carbocycles. The van der Waals surface area contributed by atoms with Crippen molar-refractivity contribution in [2.75, 3.05) is 7.11 Å². The molecule has 1 aromatic heterocycles. The number of rotatable bonds is 5. The zero-order valence-corrected chi connectivity index (χ0v) is 11.6. The number of ether oxygens (including phenoxy) is 1. The Morgan fingerprint density at radius 1 is 1.73 bits per heavy atom. The summed E-state index contributed by atoms with van der Waals surface area (Å²) in [6.45, 7) is 4.15. The Hall–Kier alpha value is 0.0600. The van der Waals surface area contributed by atoms with Gasteiger partial charge in [-0.1, -0.05) is 6.92 Å². The molecule has 0 saturated carbocycles. The van der Waals surface area contributed by atoms with Crippen LogP contribution in [-0.2, 0) is 4.74 Å². The van der Waals surface area contributed by atoms with Gasteiger partial charge in [0.15, 0.2) is 0 Å². The van der Waals surface area contributed by atoms with Crippen LogP contribution < -0.4 is 11.3 Å². The number of methoxy groups -OCH3 is 1. The average molecular weight is 293 g/mol. The monoisotopic (exact) mass is 292 g/mol. The van der Waals surface area contributed by atoms with Crippen LogP contribution in [0.25, 0.3) is 0 Å². The van der Waals surface area contributed by atoms with Gasteiger partial charge in [-0.2, -0.15) is 0 Å². The van der Waals surface area contributed by atoms with Crippen LogP contribution in [-0.4, -0.2) is 12.7 Å². The molecule has 1 aromatic rings. The highest BCUT2D eigenvalue weighted by Gasteiger charge is 2.34. The Bertz CT molecular complexity index is 312. The van der Waals surface area contributed by atoms with Gasteiger partial charge >= 0.3 is 0 Å². The summed E-state index contributed by atoms with van der Waals surface area (Å²) in [7, 11) is 1.72. The summed E-state index contributed by atoms with van der Waals surface area (Å²) in [6.07, 6.45) is 0.892. The molecule has 0 aliphatic rings. The van der Waals surface area contributed by atoms with Crippen molar-refractivity contribution in [2.24, 2.45) is 5.84 Å². The smallest absolute Gasteiger partial charge is 0.0863 e. The van der Waals surface area contributed by atoms with Gasteiger partial charge in [0.1, 0.15) is 0 Å². The Balaban J connectivity index is 3.03. The molecule has 15 heavy (non-hydrogen) atoms. The lowest BCUT2D eigenvalue weighted by Crippen LogP contribution is -2.45. The summed E-state index contributed by atoms with van der Waals surface area (Å²) in [5, 5.41) is 2.04. The largest absolute Gasteiger partial charge is 0.376 e. The minimum Gasteiger partial charge on any atom is -0.376 e. The molecular weight excluding hydrogens is 276 g/mol. The fraction of sp³-hybridized carbons (Fsp3) is 0.600.